The van der Waals surface area contributed by atoms with E-state index in [2.05, 4.69) is 32.2 Å². The van der Waals surface area contributed by atoms with Crippen molar-refractivity contribution < 1.29 is 13.9 Å². The Morgan fingerprint density at radius 1 is 1.16 bits per heavy atom. The first-order valence-corrected chi connectivity index (χ1v) is 10.9. The van der Waals surface area contributed by atoms with Crippen molar-refractivity contribution in [2.75, 3.05) is 19.6 Å². The van der Waals surface area contributed by atoms with E-state index in [4.69, 9.17) is 4.74 Å². The first-order chi connectivity index (χ1) is 15.6. The largest absolute Gasteiger partial charge is 0.412 e. The number of piperazine rings is 1. The average molecular weight is 436 g/mol. The molecule has 1 aromatic heterocycles. The van der Waals surface area contributed by atoms with Crippen molar-refractivity contribution in [1.29, 1.82) is 0 Å². The summed E-state index contributed by atoms with van der Waals surface area (Å²) < 4.78 is 19.3. The highest BCUT2D eigenvalue weighted by Crippen LogP contribution is 2.30. The number of carbonyl (C=O) groups excluding carboxylic acids is 1. The number of carbonyl (C=O) groups is 1. The van der Waals surface area contributed by atoms with E-state index in [1.54, 1.807) is 6.07 Å². The fraction of sp³-hybridized carbons (Fsp3) is 0.333. The van der Waals surface area contributed by atoms with Crippen LogP contribution in [0.2, 0.25) is 0 Å². The standard InChI is InChI=1S/C24H26FN5O2/c1-16-13-29(8-9-30(16)15-18-4-2-3-5-21(18)25)14-20-12-27-28-23(20)17-6-7-22-19(10-17)11-26-24(31)32-22/h2-7,10,12,16H,8-9,11,13-15H2,1H3,(H,26,31)(H,27,28). The average Bonchev–Trinajstić information content (AvgIpc) is 3.25. The van der Waals surface area contributed by atoms with Crippen molar-refractivity contribution in [2.24, 2.45) is 0 Å². The van der Waals surface area contributed by atoms with Crippen LogP contribution < -0.4 is 10.1 Å². The number of benzene rings is 2. The van der Waals surface area contributed by atoms with Crippen LogP contribution in [0, 0.1) is 5.82 Å². The van der Waals surface area contributed by atoms with Crippen molar-refractivity contribution in [1.82, 2.24) is 25.3 Å². The second-order valence-corrected chi connectivity index (χ2v) is 8.48. The molecule has 7 nitrogen and oxygen atoms in total. The van der Waals surface area contributed by atoms with E-state index in [1.807, 2.05) is 36.5 Å². The van der Waals surface area contributed by atoms with Gasteiger partial charge >= 0.3 is 6.09 Å². The third kappa shape index (κ3) is 4.24. The Morgan fingerprint density at radius 3 is 2.88 bits per heavy atom. The molecule has 2 N–H and O–H groups in total. The van der Waals surface area contributed by atoms with Gasteiger partial charge in [-0.3, -0.25) is 14.9 Å². The molecule has 3 heterocycles. The molecular weight excluding hydrogens is 409 g/mol. The zero-order valence-electron chi connectivity index (χ0n) is 18.0. The van der Waals surface area contributed by atoms with Crippen molar-refractivity contribution >= 4 is 6.09 Å². The molecule has 3 aromatic rings. The molecule has 32 heavy (non-hydrogen) atoms. The second kappa shape index (κ2) is 8.72. The van der Waals surface area contributed by atoms with Crippen molar-refractivity contribution in [3.8, 4) is 17.0 Å². The number of aromatic amines is 1. The lowest BCUT2D eigenvalue weighted by Gasteiger charge is -2.40. The third-order valence-corrected chi connectivity index (χ3v) is 6.27. The van der Waals surface area contributed by atoms with Crippen LogP contribution in [0.4, 0.5) is 9.18 Å². The molecule has 1 unspecified atom stereocenters. The SMILES string of the molecule is CC1CN(Cc2cn[nH]c2-c2ccc3c(c2)CNC(=O)O3)CCN1Cc1ccccc1F. The summed E-state index contributed by atoms with van der Waals surface area (Å²) in [4.78, 5) is 16.2. The Hall–Kier alpha value is -3.23. The number of nitrogens with zero attached hydrogens (tertiary/aromatic N) is 3. The summed E-state index contributed by atoms with van der Waals surface area (Å²) in [6.45, 7) is 6.77. The molecule has 2 aliphatic heterocycles. The number of ether oxygens (including phenoxy) is 1. The molecular formula is C24H26FN5O2. The van der Waals surface area contributed by atoms with Gasteiger partial charge < -0.3 is 10.1 Å². The van der Waals surface area contributed by atoms with Gasteiger partial charge in [0.25, 0.3) is 0 Å². The molecule has 0 bridgehead atoms. The highest BCUT2D eigenvalue weighted by molar-refractivity contribution is 5.74. The first-order valence-electron chi connectivity index (χ1n) is 10.9. The Bertz CT molecular complexity index is 1130. The number of fused-ring (bicyclic) bond motifs is 1. The zero-order valence-corrected chi connectivity index (χ0v) is 18.0. The fourth-order valence-electron chi connectivity index (χ4n) is 4.49. The monoisotopic (exact) mass is 435 g/mol. The summed E-state index contributed by atoms with van der Waals surface area (Å²) in [5.41, 5.74) is 4.81. The van der Waals surface area contributed by atoms with Gasteiger partial charge in [0.2, 0.25) is 0 Å². The van der Waals surface area contributed by atoms with Crippen LogP contribution in [0.1, 0.15) is 23.6 Å². The smallest absolute Gasteiger partial charge is 0.410 e. The van der Waals surface area contributed by atoms with E-state index in [9.17, 15) is 9.18 Å². The Kier molecular flexibility index (Phi) is 5.63. The van der Waals surface area contributed by atoms with Gasteiger partial charge in [-0.15, -0.1) is 0 Å². The summed E-state index contributed by atoms with van der Waals surface area (Å²) in [6.07, 6.45) is 1.46. The fourth-order valence-corrected chi connectivity index (χ4v) is 4.49. The Morgan fingerprint density at radius 2 is 2.03 bits per heavy atom. The van der Waals surface area contributed by atoms with E-state index >= 15 is 0 Å². The molecule has 1 saturated heterocycles. The lowest BCUT2D eigenvalue weighted by Crippen LogP contribution is -2.51. The number of H-pyrrole nitrogens is 1. The summed E-state index contributed by atoms with van der Waals surface area (Å²) in [6, 6.07) is 13.1. The summed E-state index contributed by atoms with van der Waals surface area (Å²) >= 11 is 0. The minimum Gasteiger partial charge on any atom is -0.410 e. The van der Waals surface area contributed by atoms with Crippen LogP contribution in [-0.4, -0.2) is 51.8 Å². The van der Waals surface area contributed by atoms with Gasteiger partial charge in [-0.2, -0.15) is 5.10 Å². The van der Waals surface area contributed by atoms with Crippen LogP contribution in [-0.2, 0) is 19.6 Å². The summed E-state index contributed by atoms with van der Waals surface area (Å²) in [5.74, 6) is 0.457. The molecule has 0 aliphatic carbocycles. The molecule has 1 atom stereocenters. The van der Waals surface area contributed by atoms with Crippen LogP contribution >= 0.6 is 0 Å². The number of aromatic nitrogens is 2. The number of hydrogen-bond acceptors (Lipinski definition) is 5. The van der Waals surface area contributed by atoms with Crippen molar-refractivity contribution in [3.05, 3.63) is 71.2 Å². The lowest BCUT2D eigenvalue weighted by atomic mass is 10.0. The zero-order chi connectivity index (χ0) is 22.1. The van der Waals surface area contributed by atoms with Gasteiger partial charge in [0.1, 0.15) is 11.6 Å². The molecule has 0 spiro atoms. The predicted molar refractivity (Wildman–Crippen MR) is 118 cm³/mol. The minimum absolute atomic E-state index is 0.139. The number of rotatable bonds is 5. The van der Waals surface area contributed by atoms with Gasteiger partial charge in [0.05, 0.1) is 11.9 Å². The first kappa shape index (κ1) is 20.7. The van der Waals surface area contributed by atoms with Gasteiger partial charge in [-0.25, -0.2) is 9.18 Å². The maximum atomic E-state index is 14.1. The number of amides is 1. The van der Waals surface area contributed by atoms with E-state index in [0.717, 1.165) is 54.1 Å². The lowest BCUT2D eigenvalue weighted by molar-refractivity contribution is 0.0726. The van der Waals surface area contributed by atoms with Crippen molar-refractivity contribution in [2.45, 2.75) is 32.6 Å². The van der Waals surface area contributed by atoms with Gasteiger partial charge in [-0.1, -0.05) is 18.2 Å². The van der Waals surface area contributed by atoms with E-state index in [1.165, 1.54) is 6.07 Å². The van der Waals surface area contributed by atoms with Crippen LogP contribution in [0.25, 0.3) is 11.3 Å². The van der Waals surface area contributed by atoms with Crippen LogP contribution in [0.15, 0.2) is 48.7 Å². The summed E-state index contributed by atoms with van der Waals surface area (Å²) in [5, 5.41) is 10.1. The molecule has 2 aliphatic rings. The highest BCUT2D eigenvalue weighted by atomic mass is 19.1. The van der Waals surface area contributed by atoms with Gasteiger partial charge in [0, 0.05) is 67.6 Å². The van der Waals surface area contributed by atoms with Crippen molar-refractivity contribution in [3.63, 3.8) is 0 Å². The molecule has 166 valence electrons. The quantitative estimate of drug-likeness (QED) is 0.642. The summed E-state index contributed by atoms with van der Waals surface area (Å²) in [7, 11) is 0. The highest BCUT2D eigenvalue weighted by Gasteiger charge is 2.25. The topological polar surface area (TPSA) is 73.5 Å². The molecule has 1 amide bonds. The van der Waals surface area contributed by atoms with E-state index in [0.29, 0.717) is 24.9 Å². The molecule has 8 heteroatoms. The molecule has 0 radical (unpaired) electrons. The maximum Gasteiger partial charge on any atom is 0.412 e. The molecule has 1 fully saturated rings. The molecule has 0 saturated carbocycles. The third-order valence-electron chi connectivity index (χ3n) is 6.27. The van der Waals surface area contributed by atoms with E-state index < -0.39 is 6.09 Å². The number of halogens is 1. The number of hydrogen-bond donors (Lipinski definition) is 2. The Balaban J connectivity index is 1.25. The van der Waals surface area contributed by atoms with Crippen LogP contribution in [0.5, 0.6) is 5.75 Å². The number of nitrogens with one attached hydrogen (secondary N) is 2. The predicted octanol–water partition coefficient (Wildman–Crippen LogP) is 3.52. The second-order valence-electron chi connectivity index (χ2n) is 8.48. The normalized spacial score (nSPS) is 19.3. The van der Waals surface area contributed by atoms with Crippen LogP contribution in [0.3, 0.4) is 0 Å². The maximum absolute atomic E-state index is 14.1. The van der Waals surface area contributed by atoms with E-state index in [-0.39, 0.29) is 5.82 Å². The molecule has 2 aromatic carbocycles. The van der Waals surface area contributed by atoms with Gasteiger partial charge in [0.15, 0.2) is 0 Å². The molecule has 5 rings (SSSR count). The Labute approximate surface area is 186 Å². The van der Waals surface area contributed by atoms with Gasteiger partial charge in [-0.05, 0) is 31.2 Å². The minimum atomic E-state index is -0.421.